The highest BCUT2D eigenvalue weighted by Crippen LogP contribution is 2.37. The first-order chi connectivity index (χ1) is 20.6. The van der Waals surface area contributed by atoms with E-state index in [2.05, 4.69) is 91.6 Å². The van der Waals surface area contributed by atoms with E-state index < -0.39 is 0 Å². The molecule has 222 valence electrons. The maximum Gasteiger partial charge on any atom is 0.298 e. The highest BCUT2D eigenvalue weighted by molar-refractivity contribution is 5.83. The lowest BCUT2D eigenvalue weighted by Crippen LogP contribution is -2.19. The second-order valence-corrected chi connectivity index (χ2v) is 11.7. The van der Waals surface area contributed by atoms with Gasteiger partial charge < -0.3 is 9.64 Å². The number of unbranched alkanes of at least 4 members (excludes halogenated alkanes) is 7. The topological polar surface area (TPSA) is 29.5 Å². The van der Waals surface area contributed by atoms with Crippen LogP contribution in [0.3, 0.4) is 0 Å². The Morgan fingerprint density at radius 3 is 2.14 bits per heavy atom. The summed E-state index contributed by atoms with van der Waals surface area (Å²) in [6, 6.07) is 24.6. The monoisotopic (exact) mass is 563 g/mol. The zero-order valence-corrected chi connectivity index (χ0v) is 26.0. The van der Waals surface area contributed by atoms with Crippen LogP contribution in [-0.4, -0.2) is 13.0 Å². The van der Waals surface area contributed by atoms with Gasteiger partial charge in [-0.05, 0) is 90.3 Å². The molecule has 0 atom stereocenters. The number of para-hydroxylation sites is 1. The zero-order chi connectivity index (χ0) is 29.6. The molecule has 3 aromatic rings. The van der Waals surface area contributed by atoms with E-state index in [0.717, 1.165) is 37.8 Å². The maximum absolute atomic E-state index is 10.6. The summed E-state index contributed by atoms with van der Waals surface area (Å²) in [4.78, 5) is 13.2. The Kier molecular flexibility index (Phi) is 12.5. The van der Waals surface area contributed by atoms with Crippen molar-refractivity contribution in [1.29, 1.82) is 0 Å². The fourth-order valence-corrected chi connectivity index (χ4v) is 6.10. The van der Waals surface area contributed by atoms with Crippen molar-refractivity contribution < 1.29 is 9.53 Å². The average Bonchev–Trinajstić information content (AvgIpc) is 3.15. The Morgan fingerprint density at radius 2 is 1.40 bits per heavy atom. The van der Waals surface area contributed by atoms with E-state index in [1.54, 1.807) is 6.92 Å². The number of rotatable bonds is 16. The van der Waals surface area contributed by atoms with Crippen molar-refractivity contribution in [3.63, 3.8) is 0 Å². The van der Waals surface area contributed by atoms with Gasteiger partial charge in [-0.15, -0.1) is 0 Å². The number of nitrogens with zero attached hydrogens (tertiary/aromatic N) is 1. The van der Waals surface area contributed by atoms with Crippen molar-refractivity contribution in [2.45, 2.75) is 97.8 Å². The number of fused-ring (bicyclic) bond motifs is 2. The summed E-state index contributed by atoms with van der Waals surface area (Å²) in [6.07, 6.45) is 19.2. The van der Waals surface area contributed by atoms with E-state index in [4.69, 9.17) is 4.74 Å². The van der Waals surface area contributed by atoms with Crippen molar-refractivity contribution in [1.82, 2.24) is 0 Å². The molecule has 0 aromatic heterocycles. The largest absolute Gasteiger partial charge is 0.434 e. The minimum atomic E-state index is 0.469. The van der Waals surface area contributed by atoms with E-state index in [0.29, 0.717) is 12.2 Å². The molecule has 1 heterocycles. The van der Waals surface area contributed by atoms with Gasteiger partial charge in [-0.3, -0.25) is 4.79 Å². The van der Waals surface area contributed by atoms with Crippen LogP contribution in [0, 0.1) is 0 Å². The smallest absolute Gasteiger partial charge is 0.298 e. The molecule has 0 amide bonds. The number of aryl methyl sites for hydroxylation is 2. The quantitative estimate of drug-likeness (QED) is 0.0751. The minimum absolute atomic E-state index is 0.469. The first kappa shape index (κ1) is 31.3. The Bertz CT molecular complexity index is 1330. The van der Waals surface area contributed by atoms with Crippen LogP contribution in [0.5, 0.6) is 0 Å². The SMILES string of the molecule is CCCCCCCCCCN1c2ccccc2CCc2cc(/C=C(\CCC)c3ccc(/C=C(/C)OC=O)cc3)ccc21. The summed E-state index contributed by atoms with van der Waals surface area (Å²) in [5.41, 5.74) is 10.5. The van der Waals surface area contributed by atoms with Gasteiger partial charge in [-0.2, -0.15) is 0 Å². The molecule has 1 aliphatic heterocycles. The highest BCUT2D eigenvalue weighted by atomic mass is 16.5. The van der Waals surface area contributed by atoms with Crippen molar-refractivity contribution >= 4 is 35.6 Å². The molecular weight excluding hydrogens is 514 g/mol. The zero-order valence-electron chi connectivity index (χ0n) is 26.0. The van der Waals surface area contributed by atoms with Crippen LogP contribution in [0.2, 0.25) is 0 Å². The third-order valence-corrected chi connectivity index (χ3v) is 8.32. The van der Waals surface area contributed by atoms with Gasteiger partial charge in [0.2, 0.25) is 0 Å². The standard InChI is InChI=1S/C39H49NO2/c1-4-6-7-8-9-10-11-14-26-40-38-17-13-12-16-35(38)23-24-37-29-33(20-25-39(37)40)28-36(15-5-2)34-21-18-32(19-22-34)27-31(3)42-30-41/h12-13,16-22,25,27-30H,4-11,14-15,23-24,26H2,1-3H3/b31-27-,36-28+. The van der Waals surface area contributed by atoms with Gasteiger partial charge in [0.1, 0.15) is 5.76 Å². The molecule has 0 bridgehead atoms. The molecular formula is C39H49NO2. The highest BCUT2D eigenvalue weighted by Gasteiger charge is 2.20. The lowest BCUT2D eigenvalue weighted by atomic mass is 9.96. The molecule has 3 nitrogen and oxygen atoms in total. The lowest BCUT2D eigenvalue weighted by molar-refractivity contribution is -0.124. The number of hydrogen-bond acceptors (Lipinski definition) is 3. The molecule has 0 spiro atoms. The number of anilines is 2. The third kappa shape index (κ3) is 8.95. The molecule has 0 unspecified atom stereocenters. The van der Waals surface area contributed by atoms with Crippen LogP contribution in [0.15, 0.2) is 72.5 Å². The molecule has 3 aromatic carbocycles. The van der Waals surface area contributed by atoms with Crippen molar-refractivity contribution in [2.24, 2.45) is 0 Å². The van der Waals surface area contributed by atoms with E-state index in [-0.39, 0.29) is 0 Å². The number of carbonyl (C=O) groups excluding carboxylic acids is 1. The van der Waals surface area contributed by atoms with E-state index >= 15 is 0 Å². The second kappa shape index (κ2) is 16.8. The van der Waals surface area contributed by atoms with Crippen LogP contribution in [0.25, 0.3) is 17.7 Å². The molecule has 0 saturated heterocycles. The molecule has 4 rings (SSSR count). The molecule has 0 fully saturated rings. The van der Waals surface area contributed by atoms with Gasteiger partial charge in [0, 0.05) is 17.9 Å². The fraction of sp³-hybridized carbons (Fsp3) is 0.410. The first-order valence-electron chi connectivity index (χ1n) is 16.2. The molecule has 0 radical (unpaired) electrons. The first-order valence-corrected chi connectivity index (χ1v) is 16.2. The van der Waals surface area contributed by atoms with E-state index in [1.807, 2.05) is 6.08 Å². The van der Waals surface area contributed by atoms with Crippen molar-refractivity contribution in [3.8, 4) is 0 Å². The average molecular weight is 564 g/mol. The van der Waals surface area contributed by atoms with Crippen molar-refractivity contribution in [3.05, 3.63) is 100 Å². The van der Waals surface area contributed by atoms with E-state index in [1.165, 1.54) is 90.6 Å². The molecule has 0 aliphatic carbocycles. The Labute approximate surface area is 254 Å². The number of allylic oxidation sites excluding steroid dienone is 2. The Hall–Kier alpha value is -3.59. The summed E-state index contributed by atoms with van der Waals surface area (Å²) in [7, 11) is 0. The van der Waals surface area contributed by atoms with Gasteiger partial charge in [0.15, 0.2) is 0 Å². The summed E-state index contributed by atoms with van der Waals surface area (Å²) in [5.74, 6) is 0.589. The number of benzene rings is 3. The van der Waals surface area contributed by atoms with Crippen LogP contribution in [0.4, 0.5) is 11.4 Å². The fourth-order valence-electron chi connectivity index (χ4n) is 6.10. The summed E-state index contributed by atoms with van der Waals surface area (Å²) >= 11 is 0. The third-order valence-electron chi connectivity index (χ3n) is 8.32. The molecule has 0 saturated carbocycles. The Balaban J connectivity index is 1.53. The van der Waals surface area contributed by atoms with Crippen LogP contribution in [0.1, 0.15) is 113 Å². The Morgan fingerprint density at radius 1 is 0.738 bits per heavy atom. The van der Waals surface area contributed by atoms with Crippen LogP contribution in [-0.2, 0) is 22.4 Å². The summed E-state index contributed by atoms with van der Waals surface area (Å²) in [6.45, 7) is 7.86. The van der Waals surface area contributed by atoms with E-state index in [9.17, 15) is 4.79 Å². The van der Waals surface area contributed by atoms with Gasteiger partial charge >= 0.3 is 0 Å². The second-order valence-electron chi connectivity index (χ2n) is 11.7. The number of hydrogen-bond donors (Lipinski definition) is 0. The summed E-state index contributed by atoms with van der Waals surface area (Å²) in [5, 5.41) is 0. The normalized spacial score (nSPS) is 13.4. The summed E-state index contributed by atoms with van der Waals surface area (Å²) < 4.78 is 4.94. The predicted molar refractivity (Wildman–Crippen MR) is 180 cm³/mol. The van der Waals surface area contributed by atoms with Crippen LogP contribution < -0.4 is 4.90 Å². The van der Waals surface area contributed by atoms with Gasteiger partial charge in [0.05, 0.1) is 0 Å². The van der Waals surface area contributed by atoms with Crippen LogP contribution >= 0.6 is 0 Å². The predicted octanol–water partition coefficient (Wildman–Crippen LogP) is 10.9. The number of carbonyl (C=O) groups is 1. The number of ether oxygens (including phenoxy) is 1. The lowest BCUT2D eigenvalue weighted by Gasteiger charge is -2.27. The van der Waals surface area contributed by atoms with Gasteiger partial charge in [0.25, 0.3) is 6.47 Å². The molecule has 0 N–H and O–H groups in total. The van der Waals surface area contributed by atoms with Crippen molar-refractivity contribution in [2.75, 3.05) is 11.4 Å². The molecule has 3 heteroatoms. The minimum Gasteiger partial charge on any atom is -0.434 e. The van der Waals surface area contributed by atoms with Gasteiger partial charge in [-0.1, -0.05) is 120 Å². The maximum atomic E-state index is 10.6. The molecule has 42 heavy (non-hydrogen) atoms. The molecule has 1 aliphatic rings. The van der Waals surface area contributed by atoms with Gasteiger partial charge in [-0.25, -0.2) is 0 Å².